The van der Waals surface area contributed by atoms with Crippen molar-refractivity contribution in [1.82, 2.24) is 14.9 Å². The molecule has 1 aromatic heterocycles. The fraction of sp³-hybridized carbons (Fsp3) is 0.176. The van der Waals surface area contributed by atoms with E-state index in [1.165, 1.54) is 22.0 Å². The number of rotatable bonds is 6. The summed E-state index contributed by atoms with van der Waals surface area (Å²) in [5.74, 6) is 8.35. The lowest BCUT2D eigenvalue weighted by molar-refractivity contribution is 0.344. The van der Waals surface area contributed by atoms with Gasteiger partial charge in [-0.1, -0.05) is 59.8 Å². The molecule has 0 bridgehead atoms. The molecule has 3 aromatic rings. The van der Waals surface area contributed by atoms with E-state index in [1.54, 1.807) is 0 Å². The van der Waals surface area contributed by atoms with E-state index >= 15 is 0 Å². The van der Waals surface area contributed by atoms with Gasteiger partial charge in [0.25, 0.3) is 0 Å². The maximum absolute atomic E-state index is 6.08. The van der Waals surface area contributed by atoms with Crippen LogP contribution >= 0.6 is 11.8 Å². The normalized spacial score (nSPS) is 10.7. The van der Waals surface area contributed by atoms with Gasteiger partial charge in [0.15, 0.2) is 5.82 Å². The van der Waals surface area contributed by atoms with Gasteiger partial charge >= 0.3 is 0 Å². The van der Waals surface area contributed by atoms with Crippen LogP contribution in [-0.2, 0) is 0 Å². The minimum atomic E-state index is 0.585. The Balaban J connectivity index is 1.55. The van der Waals surface area contributed by atoms with Crippen LogP contribution in [0.4, 0.5) is 0 Å². The van der Waals surface area contributed by atoms with Crippen LogP contribution in [0.25, 0.3) is 11.4 Å². The average Bonchev–Trinajstić information content (AvgIpc) is 2.95. The van der Waals surface area contributed by atoms with E-state index in [2.05, 4.69) is 17.1 Å². The molecule has 0 fully saturated rings. The fourth-order valence-corrected chi connectivity index (χ4v) is 2.76. The number of nitrogens with zero attached hydrogens (tertiary/aromatic N) is 3. The monoisotopic (exact) mass is 326 g/mol. The molecule has 0 aliphatic heterocycles. The molecule has 0 radical (unpaired) electrons. The van der Waals surface area contributed by atoms with Gasteiger partial charge in [-0.05, 0) is 19.1 Å². The lowest BCUT2D eigenvalue weighted by Gasteiger charge is -2.06. The highest BCUT2D eigenvalue weighted by Gasteiger charge is 2.11. The van der Waals surface area contributed by atoms with Gasteiger partial charge in [-0.15, -0.1) is 10.2 Å². The Hall–Kier alpha value is -2.47. The van der Waals surface area contributed by atoms with Gasteiger partial charge in [-0.2, -0.15) is 0 Å². The molecule has 0 saturated carbocycles. The van der Waals surface area contributed by atoms with Crippen LogP contribution in [0.15, 0.2) is 59.8 Å². The molecule has 118 valence electrons. The third kappa shape index (κ3) is 3.84. The quantitative estimate of drug-likeness (QED) is 0.428. The number of hydrogen-bond acceptors (Lipinski definition) is 5. The Kier molecular flexibility index (Phi) is 4.83. The van der Waals surface area contributed by atoms with Crippen molar-refractivity contribution in [2.75, 3.05) is 18.2 Å². The standard InChI is InChI=1S/C17H18N4OS/c1-13-7-9-15(10-8-13)22-11-12-23-17-20-19-16(21(17)18)14-5-3-2-4-6-14/h2-10H,11-12,18H2,1H3. The lowest BCUT2D eigenvalue weighted by Crippen LogP contribution is -2.12. The van der Waals surface area contributed by atoms with Crippen LogP contribution in [-0.4, -0.2) is 27.2 Å². The second kappa shape index (κ2) is 7.19. The summed E-state index contributed by atoms with van der Waals surface area (Å²) in [6, 6.07) is 17.8. The largest absolute Gasteiger partial charge is 0.493 e. The van der Waals surface area contributed by atoms with Crippen LogP contribution in [0.1, 0.15) is 5.56 Å². The Labute approximate surface area is 139 Å². The van der Waals surface area contributed by atoms with Gasteiger partial charge < -0.3 is 10.6 Å². The van der Waals surface area contributed by atoms with Crippen LogP contribution in [0.3, 0.4) is 0 Å². The topological polar surface area (TPSA) is 66.0 Å². The van der Waals surface area contributed by atoms with Crippen molar-refractivity contribution in [2.24, 2.45) is 0 Å². The number of aryl methyl sites for hydroxylation is 1. The van der Waals surface area contributed by atoms with Crippen LogP contribution in [0.5, 0.6) is 5.75 Å². The molecule has 0 atom stereocenters. The zero-order chi connectivity index (χ0) is 16.1. The maximum Gasteiger partial charge on any atom is 0.210 e. The summed E-state index contributed by atoms with van der Waals surface area (Å²) in [6.07, 6.45) is 0. The Bertz CT molecular complexity index is 756. The van der Waals surface area contributed by atoms with Crippen LogP contribution in [0.2, 0.25) is 0 Å². The van der Waals surface area contributed by atoms with Crippen molar-refractivity contribution >= 4 is 11.8 Å². The predicted molar refractivity (Wildman–Crippen MR) is 93.0 cm³/mol. The molecule has 2 aromatic carbocycles. The number of ether oxygens (including phenoxy) is 1. The summed E-state index contributed by atoms with van der Waals surface area (Å²) in [6.45, 7) is 2.64. The molecule has 0 amide bonds. The van der Waals surface area contributed by atoms with Crippen molar-refractivity contribution in [3.05, 3.63) is 60.2 Å². The molecule has 0 aliphatic carbocycles. The van der Waals surface area contributed by atoms with E-state index in [-0.39, 0.29) is 0 Å². The molecule has 5 nitrogen and oxygen atoms in total. The van der Waals surface area contributed by atoms with E-state index in [4.69, 9.17) is 10.6 Å². The van der Waals surface area contributed by atoms with Crippen molar-refractivity contribution in [1.29, 1.82) is 0 Å². The number of hydrogen-bond donors (Lipinski definition) is 1. The molecule has 1 heterocycles. The molecule has 3 rings (SSSR count). The summed E-state index contributed by atoms with van der Waals surface area (Å²) in [7, 11) is 0. The average molecular weight is 326 g/mol. The molecule has 6 heteroatoms. The molecule has 2 N–H and O–H groups in total. The van der Waals surface area contributed by atoms with Gasteiger partial charge in [-0.3, -0.25) is 0 Å². The molecular formula is C17H18N4OS. The fourth-order valence-electron chi connectivity index (χ4n) is 2.09. The predicted octanol–water partition coefficient (Wildman–Crippen LogP) is 3.14. The van der Waals surface area contributed by atoms with E-state index < -0.39 is 0 Å². The Morgan fingerprint density at radius 1 is 1.04 bits per heavy atom. The van der Waals surface area contributed by atoms with E-state index in [0.29, 0.717) is 17.6 Å². The van der Waals surface area contributed by atoms with Gasteiger partial charge in [0.1, 0.15) is 5.75 Å². The number of nitrogens with two attached hydrogens (primary N) is 1. The zero-order valence-corrected chi connectivity index (χ0v) is 13.7. The summed E-state index contributed by atoms with van der Waals surface area (Å²) >= 11 is 1.52. The van der Waals surface area contributed by atoms with Crippen molar-refractivity contribution < 1.29 is 4.74 Å². The number of thioether (sulfide) groups is 1. The maximum atomic E-state index is 6.08. The first kappa shape index (κ1) is 15.4. The third-order valence-electron chi connectivity index (χ3n) is 3.30. The second-order valence-corrected chi connectivity index (χ2v) is 6.11. The molecule has 0 unspecified atom stereocenters. The lowest BCUT2D eigenvalue weighted by atomic mass is 10.2. The second-order valence-electron chi connectivity index (χ2n) is 5.05. The number of aromatic nitrogens is 3. The van der Waals surface area contributed by atoms with Gasteiger partial charge in [0, 0.05) is 11.3 Å². The molecular weight excluding hydrogens is 308 g/mol. The minimum Gasteiger partial charge on any atom is -0.493 e. The molecule has 0 aliphatic rings. The SMILES string of the molecule is Cc1ccc(OCCSc2nnc(-c3ccccc3)n2N)cc1. The summed E-state index contributed by atoms with van der Waals surface area (Å²) in [5, 5.41) is 8.98. The first-order valence-electron chi connectivity index (χ1n) is 7.32. The summed E-state index contributed by atoms with van der Waals surface area (Å²) < 4.78 is 7.21. The van der Waals surface area contributed by atoms with Crippen molar-refractivity contribution in [3.63, 3.8) is 0 Å². The summed E-state index contributed by atoms with van der Waals surface area (Å²) in [4.78, 5) is 0. The molecule has 0 saturated heterocycles. The minimum absolute atomic E-state index is 0.585. The number of nitrogen functional groups attached to an aromatic ring is 1. The van der Waals surface area contributed by atoms with Gasteiger partial charge in [-0.25, -0.2) is 4.68 Å². The molecule has 23 heavy (non-hydrogen) atoms. The third-order valence-corrected chi connectivity index (χ3v) is 4.21. The first-order chi connectivity index (χ1) is 11.2. The highest BCUT2D eigenvalue weighted by molar-refractivity contribution is 7.99. The Morgan fingerprint density at radius 3 is 2.52 bits per heavy atom. The smallest absolute Gasteiger partial charge is 0.210 e. The molecule has 0 spiro atoms. The van der Waals surface area contributed by atoms with Crippen LogP contribution < -0.4 is 10.6 Å². The number of benzene rings is 2. The Morgan fingerprint density at radius 2 is 1.78 bits per heavy atom. The van der Waals surface area contributed by atoms with Crippen molar-refractivity contribution in [2.45, 2.75) is 12.1 Å². The van der Waals surface area contributed by atoms with E-state index in [1.807, 2.05) is 54.6 Å². The highest BCUT2D eigenvalue weighted by atomic mass is 32.2. The highest BCUT2D eigenvalue weighted by Crippen LogP contribution is 2.21. The summed E-state index contributed by atoms with van der Waals surface area (Å²) in [5.41, 5.74) is 2.17. The van der Waals surface area contributed by atoms with E-state index in [9.17, 15) is 0 Å². The first-order valence-corrected chi connectivity index (χ1v) is 8.31. The van der Waals surface area contributed by atoms with Gasteiger partial charge in [0.05, 0.1) is 6.61 Å². The van der Waals surface area contributed by atoms with E-state index in [0.717, 1.165) is 17.1 Å². The van der Waals surface area contributed by atoms with Crippen LogP contribution in [0, 0.1) is 6.92 Å². The van der Waals surface area contributed by atoms with Crippen molar-refractivity contribution in [3.8, 4) is 17.1 Å². The van der Waals surface area contributed by atoms with Gasteiger partial charge in [0.2, 0.25) is 5.16 Å². The zero-order valence-electron chi connectivity index (χ0n) is 12.8.